The highest BCUT2D eigenvalue weighted by molar-refractivity contribution is 5.92. The van der Waals surface area contributed by atoms with Gasteiger partial charge in [-0.25, -0.2) is 9.97 Å². The lowest BCUT2D eigenvalue weighted by Gasteiger charge is -2.19. The predicted octanol–water partition coefficient (Wildman–Crippen LogP) is 5.32. The third-order valence-electron chi connectivity index (χ3n) is 5.27. The summed E-state index contributed by atoms with van der Waals surface area (Å²) in [7, 11) is 0. The maximum atomic E-state index is 12.8. The molecular weight excluding hydrogens is 461 g/mol. The maximum absolute atomic E-state index is 12.8. The van der Waals surface area contributed by atoms with E-state index in [0.717, 1.165) is 36.1 Å². The average Bonchev–Trinajstić information content (AvgIpc) is 2.83. The Hall–Kier alpha value is -3.95. The van der Waals surface area contributed by atoms with Crippen molar-refractivity contribution in [1.29, 1.82) is 0 Å². The second-order valence-corrected chi connectivity index (χ2v) is 7.87. The number of hydrogen-bond acceptors (Lipinski definition) is 5. The monoisotopic (exact) mass is 486 g/mol. The van der Waals surface area contributed by atoms with Gasteiger partial charge in [0.1, 0.15) is 11.5 Å². The van der Waals surface area contributed by atoms with Crippen molar-refractivity contribution in [2.75, 3.05) is 11.9 Å². The summed E-state index contributed by atoms with van der Waals surface area (Å²) in [5.74, 6) is -1.04. The van der Waals surface area contributed by atoms with Crippen LogP contribution >= 0.6 is 0 Å². The van der Waals surface area contributed by atoms with Crippen molar-refractivity contribution in [1.82, 2.24) is 15.3 Å². The number of alkyl halides is 3. The Morgan fingerprint density at radius 1 is 0.971 bits per heavy atom. The molecule has 1 heterocycles. The van der Waals surface area contributed by atoms with Gasteiger partial charge in [-0.05, 0) is 35.2 Å². The highest BCUT2D eigenvalue weighted by Crippen LogP contribution is 2.31. The lowest BCUT2D eigenvalue weighted by molar-refractivity contribution is -0.138. The van der Waals surface area contributed by atoms with E-state index >= 15 is 0 Å². The predicted molar refractivity (Wildman–Crippen MR) is 125 cm³/mol. The van der Waals surface area contributed by atoms with E-state index in [0.29, 0.717) is 11.4 Å². The first-order valence-electron chi connectivity index (χ1n) is 11.0. The minimum Gasteiger partial charge on any atom is -0.481 e. The topological polar surface area (TPSA) is 104 Å². The highest BCUT2D eigenvalue weighted by Gasteiger charge is 2.30. The van der Waals surface area contributed by atoms with Gasteiger partial charge in [-0.3, -0.25) is 9.59 Å². The molecule has 3 aromatic rings. The number of anilines is 1. The second-order valence-electron chi connectivity index (χ2n) is 7.87. The van der Waals surface area contributed by atoms with Gasteiger partial charge in [-0.2, -0.15) is 13.2 Å². The van der Waals surface area contributed by atoms with Crippen LogP contribution in [0.15, 0.2) is 60.9 Å². The maximum Gasteiger partial charge on any atom is 0.416 e. The van der Waals surface area contributed by atoms with Crippen molar-refractivity contribution in [3.05, 3.63) is 77.7 Å². The normalized spacial score (nSPS) is 12.1. The first-order chi connectivity index (χ1) is 16.7. The zero-order valence-electron chi connectivity index (χ0n) is 19.0. The van der Waals surface area contributed by atoms with Gasteiger partial charge in [0.15, 0.2) is 0 Å². The number of halogens is 3. The number of rotatable bonds is 10. The van der Waals surface area contributed by atoms with E-state index in [1.807, 2.05) is 31.2 Å². The molecule has 0 fully saturated rings. The molecular formula is C25H25F3N4O3. The zero-order valence-corrected chi connectivity index (χ0v) is 19.0. The lowest BCUT2D eigenvalue weighted by Crippen LogP contribution is -2.27. The number of aliphatic carboxylic acids is 1. The fourth-order valence-electron chi connectivity index (χ4n) is 3.44. The van der Waals surface area contributed by atoms with Crippen molar-refractivity contribution in [2.45, 2.75) is 38.4 Å². The molecule has 10 heteroatoms. The SMILES string of the molecule is CCCC(Nc1cnc(C(=O)NCCC(=O)O)cn1)c1ccc(-c2ccc(C(F)(F)F)cc2)cc1. The Morgan fingerprint density at radius 2 is 1.60 bits per heavy atom. The Morgan fingerprint density at radius 3 is 2.11 bits per heavy atom. The summed E-state index contributed by atoms with van der Waals surface area (Å²) < 4.78 is 38.4. The van der Waals surface area contributed by atoms with Gasteiger partial charge in [0.2, 0.25) is 0 Å². The van der Waals surface area contributed by atoms with Crippen molar-refractivity contribution >= 4 is 17.7 Å². The Bertz CT molecular complexity index is 1130. The summed E-state index contributed by atoms with van der Waals surface area (Å²) in [6, 6.07) is 12.5. The molecule has 184 valence electrons. The number of carboxylic acids is 1. The third kappa shape index (κ3) is 7.26. The van der Waals surface area contributed by atoms with Gasteiger partial charge in [0.05, 0.1) is 30.4 Å². The molecule has 0 bridgehead atoms. The minimum atomic E-state index is -4.37. The molecule has 0 aliphatic rings. The summed E-state index contributed by atoms with van der Waals surface area (Å²) in [5, 5.41) is 14.4. The molecule has 3 rings (SSSR count). The summed E-state index contributed by atoms with van der Waals surface area (Å²) >= 11 is 0. The van der Waals surface area contributed by atoms with E-state index < -0.39 is 23.6 Å². The average molecular weight is 486 g/mol. The summed E-state index contributed by atoms with van der Waals surface area (Å²) in [4.78, 5) is 30.9. The van der Waals surface area contributed by atoms with E-state index in [4.69, 9.17) is 5.11 Å². The van der Waals surface area contributed by atoms with Crippen LogP contribution in [0.3, 0.4) is 0 Å². The van der Waals surface area contributed by atoms with Crippen LogP contribution < -0.4 is 10.6 Å². The summed E-state index contributed by atoms with van der Waals surface area (Å²) in [6.45, 7) is 2.04. The highest BCUT2D eigenvalue weighted by atomic mass is 19.4. The van der Waals surface area contributed by atoms with Crippen molar-refractivity contribution in [3.8, 4) is 11.1 Å². The number of carboxylic acid groups (broad SMARTS) is 1. The number of nitrogens with zero attached hydrogens (tertiary/aromatic N) is 2. The number of amides is 1. The molecule has 0 spiro atoms. The summed E-state index contributed by atoms with van der Waals surface area (Å²) in [5.41, 5.74) is 1.85. The van der Waals surface area contributed by atoms with Gasteiger partial charge in [-0.1, -0.05) is 49.7 Å². The molecule has 0 radical (unpaired) electrons. The molecule has 1 amide bonds. The van der Waals surface area contributed by atoms with E-state index in [2.05, 4.69) is 20.6 Å². The fraction of sp³-hybridized carbons (Fsp3) is 0.280. The Kier molecular flexibility index (Phi) is 8.40. The molecule has 0 saturated carbocycles. The van der Waals surface area contributed by atoms with Gasteiger partial charge in [0.25, 0.3) is 5.91 Å². The van der Waals surface area contributed by atoms with E-state index in [-0.39, 0.29) is 24.7 Å². The first kappa shape index (κ1) is 25.7. The number of aromatic nitrogens is 2. The van der Waals surface area contributed by atoms with E-state index in [1.165, 1.54) is 24.5 Å². The quantitative estimate of drug-likeness (QED) is 0.358. The standard InChI is InChI=1S/C25H25F3N4O3/c1-2-3-20(32-22-15-30-21(14-31-22)24(35)29-13-12-23(33)34)18-6-4-16(5-7-18)17-8-10-19(11-9-17)25(26,27)28/h4-11,14-15,20H,2-3,12-13H2,1H3,(H,29,35)(H,31,32)(H,33,34). The number of hydrogen-bond donors (Lipinski definition) is 3. The van der Waals surface area contributed by atoms with Gasteiger partial charge in [0, 0.05) is 6.54 Å². The first-order valence-corrected chi connectivity index (χ1v) is 11.0. The molecule has 0 aliphatic carbocycles. The van der Waals surface area contributed by atoms with Gasteiger partial charge >= 0.3 is 12.1 Å². The number of nitrogens with one attached hydrogen (secondary N) is 2. The largest absolute Gasteiger partial charge is 0.481 e. The molecule has 1 aromatic heterocycles. The van der Waals surface area contributed by atoms with Crippen LogP contribution in [0.25, 0.3) is 11.1 Å². The van der Waals surface area contributed by atoms with Gasteiger partial charge in [-0.15, -0.1) is 0 Å². The van der Waals surface area contributed by atoms with Crippen LogP contribution in [-0.2, 0) is 11.0 Å². The molecule has 3 N–H and O–H groups in total. The molecule has 1 atom stereocenters. The molecule has 2 aromatic carbocycles. The van der Waals surface area contributed by atoms with Gasteiger partial charge < -0.3 is 15.7 Å². The van der Waals surface area contributed by atoms with Crippen molar-refractivity contribution in [3.63, 3.8) is 0 Å². The van der Waals surface area contributed by atoms with E-state index in [9.17, 15) is 22.8 Å². The minimum absolute atomic E-state index is 0.00308. The van der Waals surface area contributed by atoms with Crippen molar-refractivity contribution in [2.24, 2.45) is 0 Å². The van der Waals surface area contributed by atoms with Crippen LogP contribution in [-0.4, -0.2) is 33.5 Å². The fourth-order valence-corrected chi connectivity index (χ4v) is 3.44. The lowest BCUT2D eigenvalue weighted by atomic mass is 9.98. The molecule has 0 aliphatic heterocycles. The zero-order chi connectivity index (χ0) is 25.4. The van der Waals surface area contributed by atoms with Crippen LogP contribution in [0.5, 0.6) is 0 Å². The molecule has 35 heavy (non-hydrogen) atoms. The molecule has 1 unspecified atom stereocenters. The van der Waals surface area contributed by atoms with Crippen molar-refractivity contribution < 1.29 is 27.9 Å². The Balaban J connectivity index is 1.67. The number of carbonyl (C=O) groups is 2. The van der Waals surface area contributed by atoms with Crippen LogP contribution in [0.2, 0.25) is 0 Å². The molecule has 0 saturated heterocycles. The van der Waals surface area contributed by atoms with Crippen LogP contribution in [0, 0.1) is 0 Å². The third-order valence-corrected chi connectivity index (χ3v) is 5.27. The van der Waals surface area contributed by atoms with E-state index in [1.54, 1.807) is 0 Å². The molecule has 7 nitrogen and oxygen atoms in total. The van der Waals surface area contributed by atoms with Crippen LogP contribution in [0.4, 0.5) is 19.0 Å². The Labute approximate surface area is 200 Å². The van der Waals surface area contributed by atoms with Crippen LogP contribution in [0.1, 0.15) is 53.8 Å². The number of carbonyl (C=O) groups excluding carboxylic acids is 1. The number of benzene rings is 2. The second kappa shape index (κ2) is 11.5. The smallest absolute Gasteiger partial charge is 0.416 e. The summed E-state index contributed by atoms with van der Waals surface area (Å²) in [6.07, 6.45) is -0.128.